The van der Waals surface area contributed by atoms with Crippen molar-refractivity contribution in [3.05, 3.63) is 58.9 Å². The Morgan fingerprint density at radius 1 is 1.28 bits per heavy atom. The Morgan fingerprint density at radius 2 is 2.00 bits per heavy atom. The molecule has 6 heteroatoms. The molecule has 0 unspecified atom stereocenters. The molecule has 1 aromatic heterocycles. The molecule has 6 nitrogen and oxygen atoms in total. The Labute approximate surface area is 172 Å². The third-order valence-corrected chi connectivity index (χ3v) is 5.58. The summed E-state index contributed by atoms with van der Waals surface area (Å²) in [6.45, 7) is 8.36. The molecule has 0 atom stereocenters. The molecule has 29 heavy (non-hydrogen) atoms. The van der Waals surface area contributed by atoms with Crippen molar-refractivity contribution in [1.82, 2.24) is 15.2 Å². The first kappa shape index (κ1) is 21.3. The predicted octanol–water partition coefficient (Wildman–Crippen LogP) is 3.30. The Balaban J connectivity index is 1.49. The summed E-state index contributed by atoms with van der Waals surface area (Å²) >= 11 is 0. The maximum Gasteiger partial charge on any atom is 0.317 e. The number of aromatic nitrogens is 1. The van der Waals surface area contributed by atoms with Crippen LogP contribution in [-0.4, -0.2) is 46.1 Å². The van der Waals surface area contributed by atoms with Crippen LogP contribution >= 0.6 is 0 Å². The maximum atomic E-state index is 11.0. The second-order valence-corrected chi connectivity index (χ2v) is 7.83. The highest BCUT2D eigenvalue weighted by molar-refractivity contribution is 5.69. The molecule has 1 aliphatic rings. The molecule has 0 spiro atoms. The van der Waals surface area contributed by atoms with Gasteiger partial charge in [-0.25, -0.2) is 0 Å². The van der Waals surface area contributed by atoms with E-state index in [0.717, 1.165) is 48.5 Å². The molecule has 1 aliphatic carbocycles. The number of aryl methyl sites for hydroxylation is 2. The van der Waals surface area contributed by atoms with Gasteiger partial charge >= 0.3 is 5.97 Å². The predicted molar refractivity (Wildman–Crippen MR) is 113 cm³/mol. The number of ether oxygens (including phenoxy) is 1. The maximum absolute atomic E-state index is 11.0. The van der Waals surface area contributed by atoms with Gasteiger partial charge < -0.3 is 15.2 Å². The highest BCUT2D eigenvalue weighted by Gasteiger charge is 2.33. The van der Waals surface area contributed by atoms with Crippen LogP contribution in [0.2, 0.25) is 0 Å². The quantitative estimate of drug-likeness (QED) is 0.641. The molecule has 1 heterocycles. The molecule has 0 radical (unpaired) electrons. The van der Waals surface area contributed by atoms with Crippen LogP contribution in [0.1, 0.15) is 42.1 Å². The molecular formula is C23H31N3O3. The van der Waals surface area contributed by atoms with Crippen molar-refractivity contribution in [2.45, 2.75) is 58.8 Å². The van der Waals surface area contributed by atoms with Gasteiger partial charge in [0, 0.05) is 24.8 Å². The zero-order valence-electron chi connectivity index (χ0n) is 17.5. The summed E-state index contributed by atoms with van der Waals surface area (Å²) in [5.74, 6) is 0.176. The van der Waals surface area contributed by atoms with Crippen molar-refractivity contribution in [2.24, 2.45) is 0 Å². The topological polar surface area (TPSA) is 74.7 Å². The lowest BCUT2D eigenvalue weighted by Gasteiger charge is -2.42. The summed E-state index contributed by atoms with van der Waals surface area (Å²) in [5.41, 5.74) is 4.41. The number of carboxylic acid groups (broad SMARTS) is 1. The summed E-state index contributed by atoms with van der Waals surface area (Å²) in [7, 11) is 0. The van der Waals surface area contributed by atoms with Gasteiger partial charge in [0.15, 0.2) is 0 Å². The zero-order valence-corrected chi connectivity index (χ0v) is 17.5. The first-order valence-electron chi connectivity index (χ1n) is 10.3. The highest BCUT2D eigenvalue weighted by atomic mass is 16.5. The fraction of sp³-hybridized carbons (Fsp3) is 0.478. The van der Waals surface area contributed by atoms with Gasteiger partial charge in [-0.3, -0.25) is 14.7 Å². The molecule has 0 bridgehead atoms. The number of hydrogen-bond acceptors (Lipinski definition) is 5. The molecular weight excluding hydrogens is 366 g/mol. The molecule has 1 saturated carbocycles. The van der Waals surface area contributed by atoms with E-state index < -0.39 is 5.97 Å². The number of carboxylic acids is 1. The van der Waals surface area contributed by atoms with Crippen molar-refractivity contribution in [3.8, 4) is 5.75 Å². The number of nitrogens with zero attached hydrogens (tertiary/aromatic N) is 2. The third kappa shape index (κ3) is 5.78. The minimum absolute atomic E-state index is 0.131. The minimum atomic E-state index is -0.750. The Kier molecular flexibility index (Phi) is 7.23. The van der Waals surface area contributed by atoms with Crippen molar-refractivity contribution >= 4 is 5.97 Å². The standard InChI is InChI=1S/C23H31N3O3/c1-4-26(14-22(27)28)21-11-20(12-21)25-13-18-9-16(2)23(17(3)10-18)29-15-19-7-5-6-8-24-19/h5-10,20-21,25H,4,11-15H2,1-3H3,(H,27,28). The average Bonchev–Trinajstić information content (AvgIpc) is 2.65. The molecule has 0 amide bonds. The van der Waals surface area contributed by atoms with Crippen LogP contribution in [0.15, 0.2) is 36.5 Å². The summed E-state index contributed by atoms with van der Waals surface area (Å²) in [6.07, 6.45) is 3.79. The fourth-order valence-corrected chi connectivity index (χ4v) is 3.99. The van der Waals surface area contributed by atoms with Gasteiger partial charge in [-0.1, -0.05) is 25.1 Å². The summed E-state index contributed by atoms with van der Waals surface area (Å²) in [6, 6.07) is 11.0. The van der Waals surface area contributed by atoms with Crippen LogP contribution in [0.5, 0.6) is 5.75 Å². The normalized spacial score (nSPS) is 18.5. The number of benzene rings is 1. The lowest BCUT2D eigenvalue weighted by Crippen LogP contribution is -2.53. The largest absolute Gasteiger partial charge is 0.487 e. The van der Waals surface area contributed by atoms with Gasteiger partial charge in [0.1, 0.15) is 12.4 Å². The molecule has 2 aromatic rings. The SMILES string of the molecule is CCN(CC(=O)O)C1CC(NCc2cc(C)c(OCc3ccccn3)c(C)c2)C1. The van der Waals surface area contributed by atoms with Gasteiger partial charge in [0.05, 0.1) is 12.2 Å². The second-order valence-electron chi connectivity index (χ2n) is 7.83. The first-order valence-corrected chi connectivity index (χ1v) is 10.3. The van der Waals surface area contributed by atoms with Crippen LogP contribution in [-0.2, 0) is 17.9 Å². The van der Waals surface area contributed by atoms with Crippen LogP contribution in [0.3, 0.4) is 0 Å². The van der Waals surface area contributed by atoms with E-state index in [4.69, 9.17) is 9.84 Å². The number of rotatable bonds is 10. The third-order valence-electron chi connectivity index (χ3n) is 5.58. The van der Waals surface area contributed by atoms with Gasteiger partial charge in [-0.15, -0.1) is 0 Å². The number of pyridine rings is 1. The number of carbonyl (C=O) groups is 1. The van der Waals surface area contributed by atoms with E-state index in [1.807, 2.05) is 30.0 Å². The number of hydrogen-bond donors (Lipinski definition) is 2. The smallest absolute Gasteiger partial charge is 0.317 e. The number of aliphatic carboxylic acids is 1. The van der Waals surface area contributed by atoms with Crippen LogP contribution in [0.4, 0.5) is 0 Å². The van der Waals surface area contributed by atoms with Gasteiger partial charge in [0.2, 0.25) is 0 Å². The number of nitrogens with one attached hydrogen (secondary N) is 1. The zero-order chi connectivity index (χ0) is 20.8. The van der Waals surface area contributed by atoms with Crippen molar-refractivity contribution in [3.63, 3.8) is 0 Å². The molecule has 2 N–H and O–H groups in total. The monoisotopic (exact) mass is 397 g/mol. The van der Waals surface area contributed by atoms with Crippen molar-refractivity contribution in [2.75, 3.05) is 13.1 Å². The summed E-state index contributed by atoms with van der Waals surface area (Å²) in [5, 5.41) is 12.6. The van der Waals surface area contributed by atoms with Crippen molar-refractivity contribution < 1.29 is 14.6 Å². The lowest BCUT2D eigenvalue weighted by atomic mass is 9.85. The Hall–Kier alpha value is -2.44. The van der Waals surface area contributed by atoms with Crippen molar-refractivity contribution in [1.29, 1.82) is 0 Å². The second kappa shape index (κ2) is 9.85. The first-order chi connectivity index (χ1) is 14.0. The van der Waals surface area contributed by atoms with Crippen LogP contribution in [0.25, 0.3) is 0 Å². The molecule has 1 fully saturated rings. The van der Waals surface area contributed by atoms with E-state index in [-0.39, 0.29) is 6.54 Å². The van der Waals surface area contributed by atoms with E-state index in [0.29, 0.717) is 18.7 Å². The van der Waals surface area contributed by atoms with E-state index in [9.17, 15) is 4.79 Å². The molecule has 3 rings (SSSR count). The Bertz CT molecular complexity index is 796. The van der Waals surface area contributed by atoms with E-state index in [1.54, 1.807) is 6.20 Å². The van der Waals surface area contributed by atoms with E-state index in [2.05, 4.69) is 36.3 Å². The van der Waals surface area contributed by atoms with Gasteiger partial charge in [0.25, 0.3) is 0 Å². The summed E-state index contributed by atoms with van der Waals surface area (Å²) < 4.78 is 6.01. The molecule has 1 aromatic carbocycles. The van der Waals surface area contributed by atoms with Gasteiger partial charge in [-0.05, 0) is 62.1 Å². The molecule has 0 saturated heterocycles. The van der Waals surface area contributed by atoms with E-state index >= 15 is 0 Å². The Morgan fingerprint density at radius 3 is 2.59 bits per heavy atom. The number of likely N-dealkylation sites (N-methyl/N-ethyl adjacent to an activating group) is 1. The highest BCUT2D eigenvalue weighted by Crippen LogP contribution is 2.28. The lowest BCUT2D eigenvalue weighted by molar-refractivity contribution is -0.139. The molecule has 156 valence electrons. The van der Waals surface area contributed by atoms with E-state index in [1.165, 1.54) is 5.56 Å². The summed E-state index contributed by atoms with van der Waals surface area (Å²) in [4.78, 5) is 17.3. The minimum Gasteiger partial charge on any atom is -0.487 e. The fourth-order valence-electron chi connectivity index (χ4n) is 3.99. The average molecular weight is 398 g/mol. The molecule has 0 aliphatic heterocycles. The van der Waals surface area contributed by atoms with Crippen LogP contribution in [0, 0.1) is 13.8 Å². The van der Waals surface area contributed by atoms with Gasteiger partial charge in [-0.2, -0.15) is 0 Å². The van der Waals surface area contributed by atoms with Crippen LogP contribution < -0.4 is 10.1 Å².